The molecule has 0 atom stereocenters. The van der Waals surface area contributed by atoms with Crippen molar-refractivity contribution >= 4 is 27.5 Å². The van der Waals surface area contributed by atoms with Crippen LogP contribution in [0.25, 0.3) is 11.3 Å². The molecule has 2 rings (SSSR count). The Hall–Kier alpha value is -0.930. The lowest BCUT2D eigenvalue weighted by molar-refractivity contribution is 1.17. The van der Waals surface area contributed by atoms with Gasteiger partial charge in [0.1, 0.15) is 4.60 Å². The van der Waals surface area contributed by atoms with Crippen LogP contribution in [0, 0.1) is 6.92 Å². The van der Waals surface area contributed by atoms with Gasteiger partial charge in [-0.3, -0.25) is 4.98 Å². The van der Waals surface area contributed by atoms with E-state index in [1.165, 1.54) is 0 Å². The molecule has 76 valence electrons. The maximum Gasteiger partial charge on any atom is 0.124 e. The minimum absolute atomic E-state index is 0.692. The second kappa shape index (κ2) is 4.29. The quantitative estimate of drug-likeness (QED) is 0.794. The van der Waals surface area contributed by atoms with Gasteiger partial charge in [0.2, 0.25) is 0 Å². The summed E-state index contributed by atoms with van der Waals surface area (Å²) in [6, 6.07) is 5.84. The predicted molar refractivity (Wildman–Crippen MR) is 64.9 cm³/mol. The molecule has 1 heterocycles. The van der Waals surface area contributed by atoms with Crippen LogP contribution in [-0.2, 0) is 0 Å². The lowest BCUT2D eigenvalue weighted by Crippen LogP contribution is -1.87. The second-order valence-corrected chi connectivity index (χ2v) is 4.43. The zero-order valence-corrected chi connectivity index (χ0v) is 10.4. The molecule has 0 radical (unpaired) electrons. The van der Waals surface area contributed by atoms with E-state index < -0.39 is 0 Å². The molecule has 0 saturated carbocycles. The molecular formula is C11H8BrClN2. The van der Waals surface area contributed by atoms with Crippen LogP contribution in [-0.4, -0.2) is 9.97 Å². The summed E-state index contributed by atoms with van der Waals surface area (Å²) >= 11 is 9.34. The molecule has 0 aliphatic heterocycles. The number of hydrogen-bond donors (Lipinski definition) is 0. The standard InChI is InChI=1S/C11H8BrClN2/c1-7-2-3-9(13)8(4-7)10-5-15-11(12)6-14-10/h2-6H,1H3. The minimum Gasteiger partial charge on any atom is -0.252 e. The average Bonchev–Trinajstić information content (AvgIpc) is 2.23. The molecule has 0 fully saturated rings. The summed E-state index contributed by atoms with van der Waals surface area (Å²) < 4.78 is 0.718. The van der Waals surface area contributed by atoms with Crippen LogP contribution >= 0.6 is 27.5 Å². The Kier molecular flexibility index (Phi) is 3.03. The largest absolute Gasteiger partial charge is 0.252 e. The first-order valence-corrected chi connectivity index (χ1v) is 5.58. The SMILES string of the molecule is Cc1ccc(Cl)c(-c2cnc(Br)cn2)c1. The van der Waals surface area contributed by atoms with Gasteiger partial charge in [-0.25, -0.2) is 4.98 Å². The van der Waals surface area contributed by atoms with E-state index in [0.29, 0.717) is 5.02 Å². The van der Waals surface area contributed by atoms with E-state index in [4.69, 9.17) is 11.6 Å². The number of aromatic nitrogens is 2. The maximum absolute atomic E-state index is 6.09. The zero-order valence-electron chi connectivity index (χ0n) is 8.04. The van der Waals surface area contributed by atoms with Gasteiger partial charge in [0.15, 0.2) is 0 Å². The molecule has 0 aliphatic rings. The number of rotatable bonds is 1. The number of hydrogen-bond acceptors (Lipinski definition) is 2. The molecule has 0 aliphatic carbocycles. The fourth-order valence-electron chi connectivity index (χ4n) is 1.29. The third kappa shape index (κ3) is 2.36. The van der Waals surface area contributed by atoms with Gasteiger partial charge in [-0.2, -0.15) is 0 Å². The molecular weight excluding hydrogens is 275 g/mol. The lowest BCUT2D eigenvalue weighted by Gasteiger charge is -2.04. The number of nitrogens with zero attached hydrogens (tertiary/aromatic N) is 2. The number of halogens is 2. The van der Waals surface area contributed by atoms with Gasteiger partial charge in [-0.15, -0.1) is 0 Å². The van der Waals surface area contributed by atoms with Gasteiger partial charge in [0.25, 0.3) is 0 Å². The van der Waals surface area contributed by atoms with E-state index in [1.807, 2.05) is 25.1 Å². The van der Waals surface area contributed by atoms with Crippen LogP contribution in [0.3, 0.4) is 0 Å². The van der Waals surface area contributed by atoms with Gasteiger partial charge in [-0.05, 0) is 35.0 Å². The fraction of sp³-hybridized carbons (Fsp3) is 0.0909. The molecule has 2 nitrogen and oxygen atoms in total. The molecule has 15 heavy (non-hydrogen) atoms. The molecule has 0 saturated heterocycles. The summed E-state index contributed by atoms with van der Waals surface area (Å²) in [5.41, 5.74) is 2.85. The molecule has 0 spiro atoms. The average molecular weight is 284 g/mol. The van der Waals surface area contributed by atoms with Gasteiger partial charge < -0.3 is 0 Å². The Morgan fingerprint density at radius 1 is 1.20 bits per heavy atom. The van der Waals surface area contributed by atoms with E-state index in [2.05, 4.69) is 25.9 Å². The van der Waals surface area contributed by atoms with E-state index in [0.717, 1.165) is 21.4 Å². The van der Waals surface area contributed by atoms with Crippen LogP contribution in [0.15, 0.2) is 35.2 Å². The van der Waals surface area contributed by atoms with E-state index in [9.17, 15) is 0 Å². The van der Waals surface area contributed by atoms with E-state index >= 15 is 0 Å². The summed E-state index contributed by atoms with van der Waals surface area (Å²) in [4.78, 5) is 8.38. The lowest BCUT2D eigenvalue weighted by atomic mass is 10.1. The van der Waals surface area contributed by atoms with Gasteiger partial charge in [-0.1, -0.05) is 23.2 Å². The van der Waals surface area contributed by atoms with Crippen molar-refractivity contribution in [3.63, 3.8) is 0 Å². The van der Waals surface area contributed by atoms with Gasteiger partial charge in [0.05, 0.1) is 23.1 Å². The molecule has 0 bridgehead atoms. The predicted octanol–water partition coefficient (Wildman–Crippen LogP) is 3.87. The van der Waals surface area contributed by atoms with E-state index in [1.54, 1.807) is 12.4 Å². The Balaban J connectivity index is 2.53. The van der Waals surface area contributed by atoms with Crippen molar-refractivity contribution in [3.8, 4) is 11.3 Å². The molecule has 0 N–H and O–H groups in total. The van der Waals surface area contributed by atoms with Crippen molar-refractivity contribution in [2.24, 2.45) is 0 Å². The first kappa shape index (κ1) is 10.6. The van der Waals surface area contributed by atoms with Crippen LogP contribution in [0.2, 0.25) is 5.02 Å². The van der Waals surface area contributed by atoms with Crippen LogP contribution in [0.5, 0.6) is 0 Å². The normalized spacial score (nSPS) is 10.3. The van der Waals surface area contributed by atoms with Gasteiger partial charge >= 0.3 is 0 Å². The van der Waals surface area contributed by atoms with Gasteiger partial charge in [0, 0.05) is 5.56 Å². The molecule has 1 aromatic carbocycles. The van der Waals surface area contributed by atoms with Crippen molar-refractivity contribution in [3.05, 3.63) is 45.8 Å². The highest BCUT2D eigenvalue weighted by Crippen LogP contribution is 2.26. The molecule has 2 aromatic rings. The summed E-state index contributed by atoms with van der Waals surface area (Å²) in [6.07, 6.45) is 3.36. The van der Waals surface area contributed by atoms with Crippen molar-refractivity contribution in [2.75, 3.05) is 0 Å². The van der Waals surface area contributed by atoms with Crippen molar-refractivity contribution in [2.45, 2.75) is 6.92 Å². The summed E-state index contributed by atoms with van der Waals surface area (Å²) in [5, 5.41) is 0.692. The maximum atomic E-state index is 6.09. The van der Waals surface area contributed by atoms with Crippen LogP contribution < -0.4 is 0 Å². The Morgan fingerprint density at radius 2 is 2.00 bits per heavy atom. The number of benzene rings is 1. The molecule has 0 unspecified atom stereocenters. The van der Waals surface area contributed by atoms with Crippen molar-refractivity contribution in [1.29, 1.82) is 0 Å². The topological polar surface area (TPSA) is 25.8 Å². The Bertz CT molecular complexity index is 482. The first-order valence-electron chi connectivity index (χ1n) is 4.41. The van der Waals surface area contributed by atoms with Crippen LogP contribution in [0.4, 0.5) is 0 Å². The second-order valence-electron chi connectivity index (χ2n) is 3.21. The fourth-order valence-corrected chi connectivity index (χ4v) is 1.71. The highest BCUT2D eigenvalue weighted by atomic mass is 79.9. The smallest absolute Gasteiger partial charge is 0.124 e. The highest BCUT2D eigenvalue weighted by molar-refractivity contribution is 9.10. The zero-order chi connectivity index (χ0) is 10.8. The summed E-state index contributed by atoms with van der Waals surface area (Å²) in [7, 11) is 0. The van der Waals surface area contributed by atoms with Crippen molar-refractivity contribution < 1.29 is 0 Å². The molecule has 0 amide bonds. The Labute approximate surface area is 101 Å². The van der Waals surface area contributed by atoms with Crippen LogP contribution in [0.1, 0.15) is 5.56 Å². The monoisotopic (exact) mass is 282 g/mol. The third-order valence-corrected chi connectivity index (χ3v) is 2.76. The Morgan fingerprint density at radius 3 is 2.67 bits per heavy atom. The third-order valence-electron chi connectivity index (χ3n) is 2.02. The molecule has 4 heteroatoms. The number of aryl methyl sites for hydroxylation is 1. The summed E-state index contributed by atoms with van der Waals surface area (Å²) in [5.74, 6) is 0. The van der Waals surface area contributed by atoms with E-state index in [-0.39, 0.29) is 0 Å². The first-order chi connectivity index (χ1) is 7.16. The summed E-state index contributed by atoms with van der Waals surface area (Å²) in [6.45, 7) is 2.02. The highest BCUT2D eigenvalue weighted by Gasteiger charge is 2.05. The molecule has 1 aromatic heterocycles. The minimum atomic E-state index is 0.692. The van der Waals surface area contributed by atoms with Crippen molar-refractivity contribution in [1.82, 2.24) is 9.97 Å².